The Morgan fingerprint density at radius 2 is 1.83 bits per heavy atom. The fourth-order valence-corrected chi connectivity index (χ4v) is 2.08. The SMILES string of the molecule is CC(O)CN(CC(O)c1cccc(Cl)c1)C(C)C. The van der Waals surface area contributed by atoms with Gasteiger partial charge in [0.05, 0.1) is 12.2 Å². The van der Waals surface area contributed by atoms with Gasteiger partial charge in [0.1, 0.15) is 0 Å². The zero-order valence-electron chi connectivity index (χ0n) is 11.2. The highest BCUT2D eigenvalue weighted by Gasteiger charge is 2.17. The maximum Gasteiger partial charge on any atom is 0.0917 e. The molecule has 0 spiro atoms. The second kappa shape index (κ2) is 7.10. The molecule has 0 bridgehead atoms. The van der Waals surface area contributed by atoms with E-state index in [0.29, 0.717) is 18.1 Å². The molecule has 0 radical (unpaired) electrons. The first-order valence-electron chi connectivity index (χ1n) is 6.25. The summed E-state index contributed by atoms with van der Waals surface area (Å²) in [6.07, 6.45) is -0.996. The molecular formula is C14H22ClNO2. The molecule has 2 N–H and O–H groups in total. The Bertz CT molecular complexity index is 369. The molecule has 1 aromatic carbocycles. The Hall–Kier alpha value is -0.610. The standard InChI is InChI=1S/C14H22ClNO2/c1-10(2)16(8-11(3)17)9-14(18)12-5-4-6-13(15)7-12/h4-7,10-11,14,17-18H,8-9H2,1-3H3. The van der Waals surface area contributed by atoms with E-state index in [2.05, 4.69) is 4.90 Å². The second-order valence-corrected chi connectivity index (χ2v) is 5.40. The van der Waals surface area contributed by atoms with Gasteiger partial charge >= 0.3 is 0 Å². The lowest BCUT2D eigenvalue weighted by molar-refractivity contribution is 0.0588. The van der Waals surface area contributed by atoms with Crippen molar-refractivity contribution in [3.8, 4) is 0 Å². The zero-order chi connectivity index (χ0) is 13.7. The molecule has 0 saturated carbocycles. The van der Waals surface area contributed by atoms with Crippen molar-refractivity contribution >= 4 is 11.6 Å². The number of benzene rings is 1. The molecule has 0 aliphatic carbocycles. The van der Waals surface area contributed by atoms with E-state index in [1.54, 1.807) is 19.1 Å². The van der Waals surface area contributed by atoms with Crippen molar-refractivity contribution in [2.75, 3.05) is 13.1 Å². The molecule has 0 heterocycles. The van der Waals surface area contributed by atoms with Crippen molar-refractivity contribution in [3.05, 3.63) is 34.9 Å². The van der Waals surface area contributed by atoms with Crippen molar-refractivity contribution in [1.82, 2.24) is 4.90 Å². The summed E-state index contributed by atoms with van der Waals surface area (Å²) in [5, 5.41) is 20.3. The molecule has 4 heteroatoms. The smallest absolute Gasteiger partial charge is 0.0917 e. The molecule has 1 aromatic rings. The number of hydrogen-bond acceptors (Lipinski definition) is 3. The highest BCUT2D eigenvalue weighted by atomic mass is 35.5. The van der Waals surface area contributed by atoms with E-state index >= 15 is 0 Å². The minimum absolute atomic E-state index is 0.272. The quantitative estimate of drug-likeness (QED) is 0.835. The average Bonchev–Trinajstić information content (AvgIpc) is 2.27. The summed E-state index contributed by atoms with van der Waals surface area (Å²) in [6, 6.07) is 7.52. The second-order valence-electron chi connectivity index (χ2n) is 4.97. The van der Waals surface area contributed by atoms with Gasteiger partial charge in [-0.1, -0.05) is 23.7 Å². The molecule has 0 saturated heterocycles. The first-order chi connectivity index (χ1) is 8.40. The van der Waals surface area contributed by atoms with Crippen molar-refractivity contribution in [1.29, 1.82) is 0 Å². The molecule has 2 unspecified atom stereocenters. The summed E-state index contributed by atoms with van der Waals surface area (Å²) in [4.78, 5) is 2.05. The summed E-state index contributed by atoms with van der Waals surface area (Å²) in [7, 11) is 0. The van der Waals surface area contributed by atoms with E-state index in [1.807, 2.05) is 26.0 Å². The molecule has 1 rings (SSSR count). The first kappa shape index (κ1) is 15.4. The van der Waals surface area contributed by atoms with Crippen LogP contribution < -0.4 is 0 Å². The number of nitrogens with zero attached hydrogens (tertiary/aromatic N) is 1. The Balaban J connectivity index is 2.69. The summed E-state index contributed by atoms with van der Waals surface area (Å²) < 4.78 is 0. The van der Waals surface area contributed by atoms with Crippen LogP contribution in [0.1, 0.15) is 32.4 Å². The van der Waals surface area contributed by atoms with Gasteiger partial charge in [0.25, 0.3) is 0 Å². The van der Waals surface area contributed by atoms with Crippen LogP contribution >= 0.6 is 11.6 Å². The van der Waals surface area contributed by atoms with Crippen molar-refractivity contribution in [3.63, 3.8) is 0 Å². The molecule has 3 nitrogen and oxygen atoms in total. The molecule has 0 aliphatic rings. The largest absolute Gasteiger partial charge is 0.392 e. The van der Waals surface area contributed by atoms with Crippen LogP contribution in [-0.4, -0.2) is 40.3 Å². The van der Waals surface area contributed by atoms with Gasteiger partial charge in [-0.25, -0.2) is 0 Å². The Kier molecular flexibility index (Phi) is 6.09. The predicted octanol–water partition coefficient (Wildman–Crippen LogP) is 2.46. The van der Waals surface area contributed by atoms with Gasteiger partial charge in [-0.2, -0.15) is 0 Å². The third kappa shape index (κ3) is 4.94. The lowest BCUT2D eigenvalue weighted by atomic mass is 10.1. The third-order valence-electron chi connectivity index (χ3n) is 2.87. The van der Waals surface area contributed by atoms with Crippen LogP contribution in [0.4, 0.5) is 0 Å². The Morgan fingerprint density at radius 1 is 1.17 bits per heavy atom. The van der Waals surface area contributed by atoms with Gasteiger partial charge in [0.15, 0.2) is 0 Å². The molecule has 0 aliphatic heterocycles. The van der Waals surface area contributed by atoms with E-state index in [-0.39, 0.29) is 6.04 Å². The maximum absolute atomic E-state index is 10.2. The lowest BCUT2D eigenvalue weighted by Gasteiger charge is -2.29. The number of aliphatic hydroxyl groups excluding tert-OH is 2. The van der Waals surface area contributed by atoms with E-state index < -0.39 is 12.2 Å². The van der Waals surface area contributed by atoms with Crippen molar-refractivity contribution in [2.45, 2.75) is 39.0 Å². The van der Waals surface area contributed by atoms with Gasteiger partial charge in [0, 0.05) is 24.2 Å². The van der Waals surface area contributed by atoms with Gasteiger partial charge in [-0.05, 0) is 38.5 Å². The van der Waals surface area contributed by atoms with Crippen LogP contribution in [0.3, 0.4) is 0 Å². The van der Waals surface area contributed by atoms with Gasteiger partial charge in [-0.3, -0.25) is 4.90 Å². The topological polar surface area (TPSA) is 43.7 Å². The maximum atomic E-state index is 10.2. The molecule has 2 atom stereocenters. The third-order valence-corrected chi connectivity index (χ3v) is 3.11. The van der Waals surface area contributed by atoms with E-state index in [1.165, 1.54) is 0 Å². The fourth-order valence-electron chi connectivity index (χ4n) is 1.88. The Morgan fingerprint density at radius 3 is 2.33 bits per heavy atom. The van der Waals surface area contributed by atoms with E-state index in [9.17, 15) is 10.2 Å². The molecule has 0 fully saturated rings. The number of hydrogen-bond donors (Lipinski definition) is 2. The van der Waals surface area contributed by atoms with E-state index in [0.717, 1.165) is 5.56 Å². The van der Waals surface area contributed by atoms with E-state index in [4.69, 9.17) is 11.6 Å². The van der Waals surface area contributed by atoms with Crippen molar-refractivity contribution in [2.24, 2.45) is 0 Å². The molecular weight excluding hydrogens is 250 g/mol. The summed E-state index contributed by atoms with van der Waals surface area (Å²) in [6.45, 7) is 6.89. The molecule has 0 aromatic heterocycles. The highest BCUT2D eigenvalue weighted by molar-refractivity contribution is 6.30. The fraction of sp³-hybridized carbons (Fsp3) is 0.571. The lowest BCUT2D eigenvalue weighted by Crippen LogP contribution is -2.39. The van der Waals surface area contributed by atoms with Crippen LogP contribution in [0.5, 0.6) is 0 Å². The normalized spacial score (nSPS) is 15.1. The minimum atomic E-state index is -0.593. The predicted molar refractivity (Wildman–Crippen MR) is 74.8 cm³/mol. The molecule has 102 valence electrons. The van der Waals surface area contributed by atoms with Gasteiger partial charge < -0.3 is 10.2 Å². The van der Waals surface area contributed by atoms with Crippen LogP contribution in [0.15, 0.2) is 24.3 Å². The first-order valence-corrected chi connectivity index (χ1v) is 6.63. The Labute approximate surface area is 114 Å². The number of rotatable bonds is 6. The zero-order valence-corrected chi connectivity index (χ0v) is 11.9. The summed E-state index contributed by atoms with van der Waals surface area (Å²) >= 11 is 5.91. The molecule has 18 heavy (non-hydrogen) atoms. The highest BCUT2D eigenvalue weighted by Crippen LogP contribution is 2.19. The van der Waals surface area contributed by atoms with Crippen LogP contribution in [0, 0.1) is 0 Å². The van der Waals surface area contributed by atoms with Crippen LogP contribution in [0.25, 0.3) is 0 Å². The summed E-state index contributed by atoms with van der Waals surface area (Å²) in [5.74, 6) is 0. The minimum Gasteiger partial charge on any atom is -0.392 e. The molecule has 0 amide bonds. The van der Waals surface area contributed by atoms with Crippen molar-refractivity contribution < 1.29 is 10.2 Å². The van der Waals surface area contributed by atoms with Gasteiger partial charge in [0.2, 0.25) is 0 Å². The number of aliphatic hydroxyl groups is 2. The van der Waals surface area contributed by atoms with Gasteiger partial charge in [-0.15, -0.1) is 0 Å². The van der Waals surface area contributed by atoms with Crippen LogP contribution in [0.2, 0.25) is 5.02 Å². The average molecular weight is 272 g/mol. The summed E-state index contributed by atoms with van der Waals surface area (Å²) in [5.41, 5.74) is 0.804. The van der Waals surface area contributed by atoms with Crippen LogP contribution in [-0.2, 0) is 0 Å². The monoisotopic (exact) mass is 271 g/mol. The number of halogens is 1.